The Morgan fingerprint density at radius 3 is 2.82 bits per heavy atom. The lowest BCUT2D eigenvalue weighted by Crippen LogP contribution is -2.25. The van der Waals surface area contributed by atoms with Gasteiger partial charge >= 0.3 is 0 Å². The Bertz CT molecular complexity index is 510. The van der Waals surface area contributed by atoms with Crippen LogP contribution in [0, 0.1) is 3.57 Å². The van der Waals surface area contributed by atoms with E-state index in [0.29, 0.717) is 6.54 Å². The predicted octanol–water partition coefficient (Wildman–Crippen LogP) is 3.62. The van der Waals surface area contributed by atoms with E-state index < -0.39 is 0 Å². The number of amides is 1. The molecule has 0 N–H and O–H groups in total. The van der Waals surface area contributed by atoms with Gasteiger partial charge in [0.25, 0.3) is 5.91 Å². The van der Waals surface area contributed by atoms with E-state index in [2.05, 4.69) is 22.6 Å². The van der Waals surface area contributed by atoms with Crippen LogP contribution in [0.3, 0.4) is 0 Å². The first kappa shape index (κ1) is 12.6. The number of carbonyl (C=O) groups is 1. The normalized spacial score (nSPS) is 10.2. The van der Waals surface area contributed by atoms with Gasteiger partial charge < -0.3 is 4.90 Å². The second-order valence-corrected chi connectivity index (χ2v) is 6.03. The van der Waals surface area contributed by atoms with E-state index in [-0.39, 0.29) is 5.91 Å². The van der Waals surface area contributed by atoms with Crippen LogP contribution in [0.1, 0.15) is 15.2 Å². The number of halogens is 1. The molecule has 0 atom stereocenters. The average Bonchev–Trinajstić information content (AvgIpc) is 2.80. The van der Waals surface area contributed by atoms with Crippen LogP contribution < -0.4 is 0 Å². The van der Waals surface area contributed by atoms with Crippen molar-refractivity contribution < 1.29 is 4.79 Å². The minimum absolute atomic E-state index is 0.0666. The number of nitrogens with zero attached hydrogens (tertiary/aromatic N) is 1. The van der Waals surface area contributed by atoms with Crippen molar-refractivity contribution in [3.63, 3.8) is 0 Å². The fourth-order valence-electron chi connectivity index (χ4n) is 1.55. The summed E-state index contributed by atoms with van der Waals surface area (Å²) in [6.45, 7) is 0.669. The molecule has 2 aromatic rings. The molecule has 0 unspecified atom stereocenters. The Hall–Kier alpha value is -0.880. The Kier molecular flexibility index (Phi) is 4.17. The number of carbonyl (C=O) groups excluding carboxylic acids is 1. The number of hydrogen-bond acceptors (Lipinski definition) is 2. The highest BCUT2D eigenvalue weighted by molar-refractivity contribution is 14.1. The van der Waals surface area contributed by atoms with Crippen molar-refractivity contribution in [3.05, 3.63) is 55.8 Å². The van der Waals surface area contributed by atoms with Gasteiger partial charge in [-0.25, -0.2) is 0 Å². The smallest absolute Gasteiger partial charge is 0.253 e. The number of rotatable bonds is 3. The van der Waals surface area contributed by atoms with E-state index in [1.54, 1.807) is 16.2 Å². The van der Waals surface area contributed by atoms with Crippen molar-refractivity contribution in [2.45, 2.75) is 6.54 Å². The van der Waals surface area contributed by atoms with Crippen LogP contribution in [0.4, 0.5) is 0 Å². The van der Waals surface area contributed by atoms with Gasteiger partial charge in [0.05, 0.1) is 6.54 Å². The summed E-state index contributed by atoms with van der Waals surface area (Å²) < 4.78 is 1.08. The van der Waals surface area contributed by atoms with E-state index in [1.807, 2.05) is 48.8 Å². The zero-order chi connectivity index (χ0) is 12.3. The summed E-state index contributed by atoms with van der Waals surface area (Å²) in [6, 6.07) is 11.7. The number of thiophene rings is 1. The molecule has 0 saturated heterocycles. The first-order valence-corrected chi connectivity index (χ1v) is 7.16. The van der Waals surface area contributed by atoms with E-state index in [1.165, 1.54) is 4.88 Å². The molecular formula is C13H12INOS. The van der Waals surface area contributed by atoms with Gasteiger partial charge in [0, 0.05) is 21.1 Å². The lowest BCUT2D eigenvalue weighted by Gasteiger charge is -2.16. The molecule has 0 bridgehead atoms. The highest BCUT2D eigenvalue weighted by Gasteiger charge is 2.12. The average molecular weight is 357 g/mol. The Morgan fingerprint density at radius 2 is 2.18 bits per heavy atom. The van der Waals surface area contributed by atoms with Crippen LogP contribution in [0.15, 0.2) is 41.8 Å². The molecular weight excluding hydrogens is 345 g/mol. The van der Waals surface area contributed by atoms with Gasteiger partial charge in [-0.2, -0.15) is 0 Å². The van der Waals surface area contributed by atoms with Crippen LogP contribution in [-0.4, -0.2) is 17.9 Å². The minimum Gasteiger partial charge on any atom is -0.337 e. The maximum absolute atomic E-state index is 12.2. The SMILES string of the molecule is CN(Cc1cccs1)C(=O)c1cccc(I)c1. The molecule has 88 valence electrons. The van der Waals surface area contributed by atoms with Crippen LogP contribution in [0.5, 0.6) is 0 Å². The summed E-state index contributed by atoms with van der Waals surface area (Å²) in [5.74, 6) is 0.0666. The molecule has 1 aromatic carbocycles. The van der Waals surface area contributed by atoms with Gasteiger partial charge in [-0.1, -0.05) is 12.1 Å². The molecule has 0 saturated carbocycles. The lowest BCUT2D eigenvalue weighted by atomic mass is 10.2. The summed E-state index contributed by atoms with van der Waals surface area (Å²) in [5, 5.41) is 2.03. The van der Waals surface area contributed by atoms with Crippen molar-refractivity contribution in [3.8, 4) is 0 Å². The third-order valence-electron chi connectivity index (χ3n) is 2.39. The Labute approximate surface area is 118 Å². The molecule has 2 rings (SSSR count). The van der Waals surface area contributed by atoms with E-state index in [9.17, 15) is 4.79 Å². The van der Waals surface area contributed by atoms with Gasteiger partial charge in [-0.05, 0) is 52.2 Å². The molecule has 1 heterocycles. The van der Waals surface area contributed by atoms with Crippen LogP contribution in [0.2, 0.25) is 0 Å². The second kappa shape index (κ2) is 5.64. The van der Waals surface area contributed by atoms with Gasteiger partial charge in [-0.15, -0.1) is 11.3 Å². The van der Waals surface area contributed by atoms with Crippen LogP contribution >= 0.6 is 33.9 Å². The lowest BCUT2D eigenvalue weighted by molar-refractivity contribution is 0.0786. The van der Waals surface area contributed by atoms with E-state index >= 15 is 0 Å². The number of hydrogen-bond donors (Lipinski definition) is 0. The van der Waals surface area contributed by atoms with Gasteiger partial charge in [0.1, 0.15) is 0 Å². The van der Waals surface area contributed by atoms with Crippen molar-refractivity contribution in [1.29, 1.82) is 0 Å². The largest absolute Gasteiger partial charge is 0.337 e. The molecule has 0 aliphatic rings. The third kappa shape index (κ3) is 3.29. The van der Waals surface area contributed by atoms with Crippen molar-refractivity contribution in [1.82, 2.24) is 4.90 Å². The fraction of sp³-hybridized carbons (Fsp3) is 0.154. The summed E-state index contributed by atoms with van der Waals surface area (Å²) in [4.78, 5) is 15.1. The molecule has 0 fully saturated rings. The summed E-state index contributed by atoms with van der Waals surface area (Å²) >= 11 is 3.89. The Balaban J connectivity index is 2.09. The highest BCUT2D eigenvalue weighted by Crippen LogP contribution is 2.14. The third-order valence-corrected chi connectivity index (χ3v) is 3.92. The molecule has 17 heavy (non-hydrogen) atoms. The Morgan fingerprint density at radius 1 is 1.35 bits per heavy atom. The maximum atomic E-state index is 12.2. The first-order valence-electron chi connectivity index (χ1n) is 5.20. The number of benzene rings is 1. The second-order valence-electron chi connectivity index (χ2n) is 3.75. The summed E-state index contributed by atoms with van der Waals surface area (Å²) in [7, 11) is 1.84. The molecule has 2 nitrogen and oxygen atoms in total. The summed E-state index contributed by atoms with van der Waals surface area (Å²) in [5.41, 5.74) is 0.746. The van der Waals surface area contributed by atoms with Crippen molar-refractivity contribution >= 4 is 39.8 Å². The molecule has 4 heteroatoms. The molecule has 1 aromatic heterocycles. The quantitative estimate of drug-likeness (QED) is 0.769. The highest BCUT2D eigenvalue weighted by atomic mass is 127. The minimum atomic E-state index is 0.0666. The fourth-order valence-corrected chi connectivity index (χ4v) is 2.85. The van der Waals surface area contributed by atoms with Crippen LogP contribution in [-0.2, 0) is 6.54 Å². The van der Waals surface area contributed by atoms with Gasteiger partial charge in [0.15, 0.2) is 0 Å². The van der Waals surface area contributed by atoms with Crippen molar-refractivity contribution in [2.24, 2.45) is 0 Å². The van der Waals surface area contributed by atoms with Gasteiger partial charge in [0.2, 0.25) is 0 Å². The van der Waals surface area contributed by atoms with Crippen LogP contribution in [0.25, 0.3) is 0 Å². The molecule has 0 aliphatic heterocycles. The van der Waals surface area contributed by atoms with E-state index in [0.717, 1.165) is 9.13 Å². The van der Waals surface area contributed by atoms with E-state index in [4.69, 9.17) is 0 Å². The molecule has 0 spiro atoms. The zero-order valence-electron chi connectivity index (χ0n) is 9.39. The standard InChI is InChI=1S/C13H12INOS/c1-15(9-12-6-3-7-17-12)13(16)10-4-2-5-11(14)8-10/h2-8H,9H2,1H3. The first-order chi connectivity index (χ1) is 8.16. The molecule has 0 aliphatic carbocycles. The molecule has 0 radical (unpaired) electrons. The monoisotopic (exact) mass is 357 g/mol. The zero-order valence-corrected chi connectivity index (χ0v) is 12.4. The summed E-state index contributed by atoms with van der Waals surface area (Å²) in [6.07, 6.45) is 0. The molecule has 1 amide bonds. The topological polar surface area (TPSA) is 20.3 Å². The van der Waals surface area contributed by atoms with Gasteiger partial charge in [-0.3, -0.25) is 4.79 Å². The maximum Gasteiger partial charge on any atom is 0.253 e. The van der Waals surface area contributed by atoms with Crippen molar-refractivity contribution in [2.75, 3.05) is 7.05 Å². The predicted molar refractivity (Wildman–Crippen MR) is 79.3 cm³/mol.